The molecule has 29 heavy (non-hydrogen) atoms. The summed E-state index contributed by atoms with van der Waals surface area (Å²) in [7, 11) is -5.76. The van der Waals surface area contributed by atoms with Crippen molar-refractivity contribution in [1.82, 2.24) is 0 Å². The first kappa shape index (κ1) is 21.7. The highest BCUT2D eigenvalue weighted by Gasteiger charge is 2.49. The number of hydrogen-bond acceptors (Lipinski definition) is 4. The van der Waals surface area contributed by atoms with Crippen LogP contribution in [-0.2, 0) is 19.0 Å². The fourth-order valence-electron chi connectivity index (χ4n) is 3.19. The Hall–Kier alpha value is -2.03. The van der Waals surface area contributed by atoms with E-state index in [0.29, 0.717) is 29.0 Å². The molecule has 2 aromatic carbocycles. The molecule has 3 rings (SSSR count). The molecule has 1 heterocycles. The fraction of sp³-hybridized carbons (Fsp3) is 0.300. The van der Waals surface area contributed by atoms with Crippen molar-refractivity contribution in [2.45, 2.75) is 37.5 Å². The molecule has 1 aliphatic rings. The number of benzene rings is 2. The van der Waals surface area contributed by atoms with Crippen LogP contribution in [-0.4, -0.2) is 13.9 Å². The van der Waals surface area contributed by atoms with E-state index in [4.69, 9.17) is 16.3 Å². The van der Waals surface area contributed by atoms with E-state index < -0.39 is 21.7 Å². The molecule has 4 nitrogen and oxygen atoms in total. The molecule has 0 spiro atoms. The zero-order valence-electron chi connectivity index (χ0n) is 15.3. The Balaban J connectivity index is 1.98. The van der Waals surface area contributed by atoms with E-state index in [1.807, 2.05) is 30.3 Å². The summed E-state index contributed by atoms with van der Waals surface area (Å²) in [4.78, 5) is 0. The number of hydrogen-bond donors (Lipinski definition) is 0. The van der Waals surface area contributed by atoms with Crippen LogP contribution in [0.5, 0.6) is 0 Å². The van der Waals surface area contributed by atoms with Gasteiger partial charge in [0.2, 0.25) is 0 Å². The van der Waals surface area contributed by atoms with Crippen LogP contribution >= 0.6 is 11.6 Å². The quantitative estimate of drug-likeness (QED) is 0.325. The van der Waals surface area contributed by atoms with Crippen LogP contribution in [0.2, 0.25) is 5.02 Å². The Morgan fingerprint density at radius 3 is 2.28 bits per heavy atom. The Kier molecular flexibility index (Phi) is 6.26. The zero-order chi connectivity index (χ0) is 21.2. The topological polar surface area (TPSA) is 52.6 Å². The Labute approximate surface area is 172 Å². The number of ether oxygens (including phenoxy) is 1. The first-order chi connectivity index (χ1) is 13.6. The molecule has 1 aliphatic heterocycles. The van der Waals surface area contributed by atoms with Crippen LogP contribution < -0.4 is 0 Å². The van der Waals surface area contributed by atoms with Gasteiger partial charge in [-0.05, 0) is 43.0 Å². The Morgan fingerprint density at radius 1 is 1.07 bits per heavy atom. The maximum atomic E-state index is 12.7. The molecule has 1 fully saturated rings. The SMILES string of the molecule is C/C(OS(=O)(=O)C(F)(F)F)=C1/CC[C@@H](c2ccccc2)O[C@H]1c1ccc(Cl)cc1. The minimum Gasteiger partial charge on any atom is -0.381 e. The monoisotopic (exact) mass is 446 g/mol. The summed E-state index contributed by atoms with van der Waals surface area (Å²) in [6.07, 6.45) is -0.287. The lowest BCUT2D eigenvalue weighted by atomic mass is 9.90. The largest absolute Gasteiger partial charge is 0.534 e. The average molecular weight is 447 g/mol. The highest BCUT2D eigenvalue weighted by molar-refractivity contribution is 7.87. The molecule has 156 valence electrons. The van der Waals surface area contributed by atoms with Crippen molar-refractivity contribution in [2.75, 3.05) is 0 Å². The second kappa shape index (κ2) is 8.38. The lowest BCUT2D eigenvalue weighted by Crippen LogP contribution is -2.26. The highest BCUT2D eigenvalue weighted by atomic mass is 35.5. The van der Waals surface area contributed by atoms with E-state index in [0.717, 1.165) is 5.56 Å². The molecule has 0 unspecified atom stereocenters. The van der Waals surface area contributed by atoms with Crippen LogP contribution in [0.1, 0.15) is 43.1 Å². The van der Waals surface area contributed by atoms with Gasteiger partial charge in [-0.1, -0.05) is 54.1 Å². The maximum absolute atomic E-state index is 12.7. The molecule has 2 atom stereocenters. The molecule has 0 amide bonds. The Morgan fingerprint density at radius 2 is 1.69 bits per heavy atom. The summed E-state index contributed by atoms with van der Waals surface area (Å²) < 4.78 is 71.6. The van der Waals surface area contributed by atoms with E-state index in [1.165, 1.54) is 6.92 Å². The van der Waals surface area contributed by atoms with Crippen molar-refractivity contribution in [3.8, 4) is 0 Å². The molecule has 2 aromatic rings. The maximum Gasteiger partial charge on any atom is 0.534 e. The highest BCUT2D eigenvalue weighted by Crippen LogP contribution is 2.44. The standard InChI is InChI=1S/C20H18ClF3O4S/c1-13(28-29(25,26)20(22,23)24)17-11-12-18(14-5-3-2-4-6-14)27-19(17)15-7-9-16(21)10-8-15/h2-10,18-19H,11-12H2,1H3/b17-13+/t18-,19-/m0/s1. The van der Waals surface area contributed by atoms with Gasteiger partial charge in [0.05, 0.1) is 6.10 Å². The number of allylic oxidation sites excluding steroid dienone is 1. The smallest absolute Gasteiger partial charge is 0.381 e. The van der Waals surface area contributed by atoms with Gasteiger partial charge in [-0.2, -0.15) is 21.6 Å². The molecule has 0 bridgehead atoms. The molecule has 9 heteroatoms. The molecule has 0 saturated carbocycles. The van der Waals surface area contributed by atoms with Gasteiger partial charge in [-0.25, -0.2) is 0 Å². The van der Waals surface area contributed by atoms with Gasteiger partial charge in [0.25, 0.3) is 0 Å². The fourth-order valence-corrected chi connectivity index (χ4v) is 3.84. The lowest BCUT2D eigenvalue weighted by molar-refractivity contribution is -0.0530. The van der Waals surface area contributed by atoms with Gasteiger partial charge >= 0.3 is 15.6 Å². The summed E-state index contributed by atoms with van der Waals surface area (Å²) in [5.41, 5.74) is -3.61. The van der Waals surface area contributed by atoms with Crippen LogP contribution in [0.4, 0.5) is 13.2 Å². The van der Waals surface area contributed by atoms with Crippen molar-refractivity contribution < 1.29 is 30.5 Å². The number of halogens is 4. The Bertz CT molecular complexity index is 987. The summed E-state index contributed by atoms with van der Waals surface area (Å²) in [5, 5.41) is 0.488. The van der Waals surface area contributed by atoms with Gasteiger partial charge in [0, 0.05) is 10.6 Å². The summed E-state index contributed by atoms with van der Waals surface area (Å²) in [5.74, 6) is -0.339. The van der Waals surface area contributed by atoms with E-state index in [-0.39, 0.29) is 11.9 Å². The van der Waals surface area contributed by atoms with Crippen LogP contribution in [0.25, 0.3) is 0 Å². The zero-order valence-corrected chi connectivity index (χ0v) is 16.9. The third-order valence-electron chi connectivity index (χ3n) is 4.61. The van der Waals surface area contributed by atoms with Gasteiger partial charge in [-0.15, -0.1) is 0 Å². The minimum atomic E-state index is -5.76. The predicted molar refractivity (Wildman–Crippen MR) is 102 cm³/mol. The van der Waals surface area contributed by atoms with Crippen molar-refractivity contribution in [2.24, 2.45) is 0 Å². The van der Waals surface area contributed by atoms with Gasteiger partial charge in [-0.3, -0.25) is 0 Å². The van der Waals surface area contributed by atoms with E-state index in [9.17, 15) is 21.6 Å². The summed E-state index contributed by atoms with van der Waals surface area (Å²) >= 11 is 5.93. The first-order valence-corrected chi connectivity index (χ1v) is 10.5. The van der Waals surface area contributed by atoms with Gasteiger partial charge < -0.3 is 8.92 Å². The second-order valence-corrected chi connectivity index (χ2v) is 8.54. The third kappa shape index (κ3) is 4.94. The molecule has 0 aromatic heterocycles. The van der Waals surface area contributed by atoms with Crippen LogP contribution in [0, 0.1) is 0 Å². The number of alkyl halides is 3. The van der Waals surface area contributed by atoms with E-state index in [1.54, 1.807) is 24.3 Å². The summed E-state index contributed by atoms with van der Waals surface area (Å²) in [6.45, 7) is 1.20. The van der Waals surface area contributed by atoms with Crippen molar-refractivity contribution in [3.05, 3.63) is 82.1 Å². The molecule has 0 radical (unpaired) electrons. The minimum absolute atomic E-state index is 0.298. The number of rotatable bonds is 4. The lowest BCUT2D eigenvalue weighted by Gasteiger charge is -2.34. The molecular formula is C20H18ClF3O4S. The molecular weight excluding hydrogens is 429 g/mol. The van der Waals surface area contributed by atoms with Crippen LogP contribution in [0.15, 0.2) is 65.9 Å². The average Bonchev–Trinajstić information content (AvgIpc) is 2.67. The van der Waals surface area contributed by atoms with Gasteiger partial charge in [0.1, 0.15) is 11.9 Å². The van der Waals surface area contributed by atoms with Crippen molar-refractivity contribution in [1.29, 1.82) is 0 Å². The molecule has 0 N–H and O–H groups in total. The van der Waals surface area contributed by atoms with Crippen molar-refractivity contribution >= 4 is 21.7 Å². The summed E-state index contributed by atoms with van der Waals surface area (Å²) in [6, 6.07) is 16.0. The third-order valence-corrected chi connectivity index (χ3v) is 5.90. The molecule has 1 saturated heterocycles. The van der Waals surface area contributed by atoms with Crippen molar-refractivity contribution in [3.63, 3.8) is 0 Å². The first-order valence-electron chi connectivity index (χ1n) is 8.75. The van der Waals surface area contributed by atoms with Crippen LogP contribution in [0.3, 0.4) is 0 Å². The van der Waals surface area contributed by atoms with E-state index in [2.05, 4.69) is 4.18 Å². The molecule has 0 aliphatic carbocycles. The van der Waals surface area contributed by atoms with Gasteiger partial charge in [0.15, 0.2) is 0 Å². The van der Waals surface area contributed by atoms with E-state index >= 15 is 0 Å². The predicted octanol–water partition coefficient (Wildman–Crippen LogP) is 6.07. The second-order valence-electron chi connectivity index (χ2n) is 6.57. The normalized spacial score (nSPS) is 22.2.